The Labute approximate surface area is 296 Å². The lowest BCUT2D eigenvalue weighted by molar-refractivity contribution is 1.07. The zero-order chi connectivity index (χ0) is 34.1. The van der Waals surface area contributed by atoms with E-state index in [1.165, 1.54) is 11.1 Å². The number of aryl methyl sites for hydroxylation is 1. The minimum absolute atomic E-state index is 0.601. The maximum atomic E-state index is 5.23. The summed E-state index contributed by atoms with van der Waals surface area (Å²) in [6.45, 7) is 2.14. The van der Waals surface area contributed by atoms with Gasteiger partial charge in [0.2, 0.25) is 0 Å². The van der Waals surface area contributed by atoms with Crippen LogP contribution in [0.2, 0.25) is 0 Å². The molecule has 0 aliphatic carbocycles. The highest BCUT2D eigenvalue weighted by molar-refractivity contribution is 6.05. The number of fused-ring (bicyclic) bond motifs is 3. The zero-order valence-electron chi connectivity index (χ0n) is 27.9. The van der Waals surface area contributed by atoms with Crippen molar-refractivity contribution in [2.75, 3.05) is 0 Å². The number of rotatable bonds is 6. The molecule has 0 aliphatic rings. The Kier molecular flexibility index (Phi) is 7.63. The summed E-state index contributed by atoms with van der Waals surface area (Å²) in [5.74, 6) is 1.85. The molecule has 9 aromatic rings. The van der Waals surface area contributed by atoms with Crippen LogP contribution in [-0.2, 0) is 0 Å². The Morgan fingerprint density at radius 2 is 0.804 bits per heavy atom. The lowest BCUT2D eigenvalue weighted by atomic mass is 10.0. The van der Waals surface area contributed by atoms with E-state index in [9.17, 15) is 0 Å². The average Bonchev–Trinajstić information content (AvgIpc) is 3.21. The van der Waals surface area contributed by atoms with Crippen LogP contribution in [0.25, 0.3) is 89.6 Å². The van der Waals surface area contributed by atoms with Crippen molar-refractivity contribution in [2.45, 2.75) is 6.92 Å². The van der Waals surface area contributed by atoms with Crippen LogP contribution in [-0.4, -0.2) is 24.9 Å². The van der Waals surface area contributed by atoms with Gasteiger partial charge in [-0.05, 0) is 41.8 Å². The van der Waals surface area contributed by atoms with Crippen LogP contribution in [0.3, 0.4) is 0 Å². The minimum atomic E-state index is 0.601. The number of hydrogen-bond acceptors (Lipinski definition) is 5. The first kappa shape index (κ1) is 30.2. The summed E-state index contributed by atoms with van der Waals surface area (Å²) in [6.07, 6.45) is 0. The van der Waals surface area contributed by atoms with Crippen LogP contribution in [0.4, 0.5) is 0 Å². The molecule has 240 valence electrons. The van der Waals surface area contributed by atoms with Crippen molar-refractivity contribution in [3.63, 3.8) is 0 Å². The molecule has 0 saturated carbocycles. The fourth-order valence-electron chi connectivity index (χ4n) is 6.57. The molecule has 3 aromatic heterocycles. The van der Waals surface area contributed by atoms with Crippen molar-refractivity contribution < 1.29 is 0 Å². The summed E-state index contributed by atoms with van der Waals surface area (Å²) < 4.78 is 0. The summed E-state index contributed by atoms with van der Waals surface area (Å²) in [6, 6.07) is 58.0. The molecule has 0 N–H and O–H groups in total. The van der Waals surface area contributed by atoms with E-state index >= 15 is 0 Å². The van der Waals surface area contributed by atoms with Gasteiger partial charge in [-0.3, -0.25) is 0 Å². The lowest BCUT2D eigenvalue weighted by Gasteiger charge is -2.11. The summed E-state index contributed by atoms with van der Waals surface area (Å²) in [5.41, 5.74) is 11.8. The fraction of sp³-hybridized carbons (Fsp3) is 0.0217. The molecule has 0 atom stereocenters. The molecule has 0 spiro atoms. The first-order valence-corrected chi connectivity index (χ1v) is 17.0. The second-order valence-electron chi connectivity index (χ2n) is 12.6. The molecule has 0 amide bonds. The Morgan fingerprint density at radius 3 is 1.49 bits per heavy atom. The van der Waals surface area contributed by atoms with E-state index in [4.69, 9.17) is 24.9 Å². The summed E-state index contributed by atoms with van der Waals surface area (Å²) >= 11 is 0. The van der Waals surface area contributed by atoms with Crippen LogP contribution in [0.1, 0.15) is 5.56 Å². The van der Waals surface area contributed by atoms with E-state index in [2.05, 4.69) is 110 Å². The fourth-order valence-corrected chi connectivity index (χ4v) is 6.57. The van der Waals surface area contributed by atoms with Crippen molar-refractivity contribution >= 4 is 21.8 Å². The van der Waals surface area contributed by atoms with E-state index in [-0.39, 0.29) is 0 Å². The molecular formula is C46H31N5. The molecule has 5 nitrogen and oxygen atoms in total. The topological polar surface area (TPSA) is 64.5 Å². The summed E-state index contributed by atoms with van der Waals surface area (Å²) in [5, 5.41) is 2.15. The number of aromatic nitrogens is 5. The van der Waals surface area contributed by atoms with Gasteiger partial charge in [0.25, 0.3) is 0 Å². The van der Waals surface area contributed by atoms with Gasteiger partial charge in [0.15, 0.2) is 17.5 Å². The summed E-state index contributed by atoms with van der Waals surface area (Å²) in [4.78, 5) is 25.3. The Bertz CT molecular complexity index is 2670. The van der Waals surface area contributed by atoms with Crippen molar-refractivity contribution in [3.05, 3.63) is 175 Å². The van der Waals surface area contributed by atoms with Crippen LogP contribution in [0.15, 0.2) is 170 Å². The molecule has 0 bridgehead atoms. The largest absolute Gasteiger partial charge is 0.245 e. The predicted octanol–water partition coefficient (Wildman–Crippen LogP) is 11.3. The van der Waals surface area contributed by atoms with Gasteiger partial charge in [-0.25, -0.2) is 24.9 Å². The van der Waals surface area contributed by atoms with Crippen LogP contribution in [0, 0.1) is 6.92 Å². The normalized spacial score (nSPS) is 11.2. The minimum Gasteiger partial charge on any atom is -0.245 e. The molecule has 0 fully saturated rings. The zero-order valence-corrected chi connectivity index (χ0v) is 27.9. The average molecular weight is 654 g/mol. The molecule has 6 aromatic carbocycles. The molecule has 9 rings (SSSR count). The molecule has 51 heavy (non-hydrogen) atoms. The second kappa shape index (κ2) is 12.9. The Morgan fingerprint density at radius 1 is 0.314 bits per heavy atom. The van der Waals surface area contributed by atoms with Gasteiger partial charge in [-0.15, -0.1) is 0 Å². The van der Waals surface area contributed by atoms with Crippen LogP contribution < -0.4 is 0 Å². The van der Waals surface area contributed by atoms with Crippen molar-refractivity contribution in [1.82, 2.24) is 24.9 Å². The monoisotopic (exact) mass is 653 g/mol. The van der Waals surface area contributed by atoms with Gasteiger partial charge < -0.3 is 0 Å². The van der Waals surface area contributed by atoms with Gasteiger partial charge in [-0.1, -0.05) is 152 Å². The molecule has 0 aliphatic heterocycles. The third-order valence-corrected chi connectivity index (χ3v) is 9.25. The number of pyridine rings is 2. The molecule has 0 unspecified atom stereocenters. The molecular weight excluding hydrogens is 623 g/mol. The standard InChI is InChI=1S/C46H31N5/c1-30-28-41(33-14-7-3-8-15-33)48-43-39(30)26-24-34-25-27-40(47-42(34)43)37-18-11-19-38(29-37)46-50-44(35-16-9-4-10-17-35)49-45(51-46)36-22-20-32(21-23-36)31-12-5-2-6-13-31/h2-29H,1H3. The smallest absolute Gasteiger partial charge is 0.164 e. The lowest BCUT2D eigenvalue weighted by Crippen LogP contribution is -2.00. The third kappa shape index (κ3) is 5.91. The van der Waals surface area contributed by atoms with Crippen molar-refractivity contribution in [2.24, 2.45) is 0 Å². The van der Waals surface area contributed by atoms with Gasteiger partial charge in [-0.2, -0.15) is 0 Å². The van der Waals surface area contributed by atoms with Crippen LogP contribution in [0.5, 0.6) is 0 Å². The number of benzene rings is 6. The highest BCUT2D eigenvalue weighted by Gasteiger charge is 2.15. The first-order valence-electron chi connectivity index (χ1n) is 17.0. The number of nitrogens with zero attached hydrogens (tertiary/aromatic N) is 5. The van der Waals surface area contributed by atoms with E-state index < -0.39 is 0 Å². The van der Waals surface area contributed by atoms with E-state index in [0.29, 0.717) is 17.5 Å². The Balaban J connectivity index is 1.14. The third-order valence-electron chi connectivity index (χ3n) is 9.25. The SMILES string of the molecule is Cc1cc(-c2ccccc2)nc2c1ccc1ccc(-c3cccc(-c4nc(-c5ccccc5)nc(-c5ccc(-c6ccccc6)cc5)n4)c3)nc12. The molecule has 3 heterocycles. The summed E-state index contributed by atoms with van der Waals surface area (Å²) in [7, 11) is 0. The Hall–Kier alpha value is -6.85. The van der Waals surface area contributed by atoms with Crippen LogP contribution >= 0.6 is 0 Å². The quantitative estimate of drug-likeness (QED) is 0.167. The molecule has 0 radical (unpaired) electrons. The van der Waals surface area contributed by atoms with Gasteiger partial charge in [0, 0.05) is 38.6 Å². The van der Waals surface area contributed by atoms with Gasteiger partial charge >= 0.3 is 0 Å². The highest BCUT2D eigenvalue weighted by atomic mass is 15.0. The van der Waals surface area contributed by atoms with E-state index in [1.54, 1.807) is 0 Å². The maximum Gasteiger partial charge on any atom is 0.164 e. The van der Waals surface area contributed by atoms with E-state index in [1.807, 2.05) is 66.7 Å². The highest BCUT2D eigenvalue weighted by Crippen LogP contribution is 2.33. The van der Waals surface area contributed by atoms with Gasteiger partial charge in [0.1, 0.15) is 0 Å². The van der Waals surface area contributed by atoms with Crippen molar-refractivity contribution in [1.29, 1.82) is 0 Å². The van der Waals surface area contributed by atoms with E-state index in [0.717, 1.165) is 66.6 Å². The maximum absolute atomic E-state index is 5.23. The number of hydrogen-bond donors (Lipinski definition) is 0. The molecule has 0 saturated heterocycles. The predicted molar refractivity (Wildman–Crippen MR) is 208 cm³/mol. The van der Waals surface area contributed by atoms with Gasteiger partial charge in [0.05, 0.1) is 22.4 Å². The first-order chi connectivity index (χ1) is 25.2. The van der Waals surface area contributed by atoms with Crippen molar-refractivity contribution in [3.8, 4) is 67.8 Å². The second-order valence-corrected chi connectivity index (χ2v) is 12.6. The molecule has 5 heteroatoms.